The van der Waals surface area contributed by atoms with Crippen molar-refractivity contribution in [2.24, 2.45) is 0 Å². The van der Waals surface area contributed by atoms with Crippen LogP contribution in [0.25, 0.3) is 0 Å². The number of benzene rings is 2. The van der Waals surface area contributed by atoms with Crippen molar-refractivity contribution < 1.29 is 13.9 Å². The summed E-state index contributed by atoms with van der Waals surface area (Å²) >= 11 is 9.60. The second kappa shape index (κ2) is 9.89. The van der Waals surface area contributed by atoms with Crippen molar-refractivity contribution in [2.45, 2.75) is 33.0 Å². The van der Waals surface area contributed by atoms with Gasteiger partial charge in [-0.3, -0.25) is 0 Å². The first-order valence-corrected chi connectivity index (χ1v) is 10.1. The van der Waals surface area contributed by atoms with E-state index in [9.17, 15) is 4.39 Å². The van der Waals surface area contributed by atoms with E-state index in [-0.39, 0.29) is 12.4 Å². The van der Waals surface area contributed by atoms with Crippen molar-refractivity contribution in [1.82, 2.24) is 20.2 Å². The maximum absolute atomic E-state index is 13.2. The predicted molar refractivity (Wildman–Crippen MR) is 112 cm³/mol. The molecule has 1 heterocycles. The third kappa shape index (κ3) is 5.36. The van der Waals surface area contributed by atoms with Crippen LogP contribution in [0.15, 0.2) is 34.8 Å². The molecule has 0 bridgehead atoms. The highest BCUT2D eigenvalue weighted by atomic mass is 79.9. The average Bonchev–Trinajstić information content (AvgIpc) is 3.13. The summed E-state index contributed by atoms with van der Waals surface area (Å²) in [7, 11) is 1.57. The molecule has 10 heteroatoms. The van der Waals surface area contributed by atoms with Crippen molar-refractivity contribution in [3.63, 3.8) is 0 Å². The summed E-state index contributed by atoms with van der Waals surface area (Å²) in [6.45, 7) is 3.48. The van der Waals surface area contributed by atoms with Gasteiger partial charge in [0, 0.05) is 18.7 Å². The molecule has 1 N–H and O–H groups in total. The molecule has 0 unspecified atom stereocenters. The largest absolute Gasteiger partial charge is 0.493 e. The number of nitrogens with one attached hydrogen (secondary N) is 1. The third-order valence-corrected chi connectivity index (χ3v) is 5.04. The van der Waals surface area contributed by atoms with Crippen LogP contribution in [0.4, 0.5) is 10.3 Å². The van der Waals surface area contributed by atoms with Gasteiger partial charge in [-0.15, -0.1) is 0 Å². The number of tetrazole rings is 1. The van der Waals surface area contributed by atoms with E-state index < -0.39 is 0 Å². The number of aromatic nitrogens is 4. The number of ether oxygens (including phenoxy) is 2. The zero-order chi connectivity index (χ0) is 20.8. The van der Waals surface area contributed by atoms with Gasteiger partial charge in [-0.2, -0.15) is 0 Å². The number of rotatable bonds is 9. The molecule has 0 aliphatic heterocycles. The molecule has 1 aromatic heterocycles. The van der Waals surface area contributed by atoms with E-state index >= 15 is 0 Å². The Morgan fingerprint density at radius 3 is 2.83 bits per heavy atom. The van der Waals surface area contributed by atoms with E-state index in [1.807, 2.05) is 12.1 Å². The van der Waals surface area contributed by atoms with Crippen LogP contribution in [0.1, 0.15) is 24.5 Å². The number of hydrogen-bond acceptors (Lipinski definition) is 6. The molecule has 0 spiro atoms. The van der Waals surface area contributed by atoms with E-state index in [0.717, 1.165) is 23.0 Å². The number of halogens is 3. The lowest BCUT2D eigenvalue weighted by atomic mass is 10.2. The Morgan fingerprint density at radius 1 is 1.28 bits per heavy atom. The maximum atomic E-state index is 13.2. The Kier molecular flexibility index (Phi) is 7.27. The Hall–Kier alpha value is -2.39. The molecule has 0 atom stereocenters. The number of methoxy groups -OCH3 is 1. The normalized spacial score (nSPS) is 10.8. The molecule has 0 aliphatic rings. The van der Waals surface area contributed by atoms with Crippen molar-refractivity contribution in [2.75, 3.05) is 12.4 Å². The molecule has 2 aromatic carbocycles. The second-order valence-electron chi connectivity index (χ2n) is 6.21. The van der Waals surface area contributed by atoms with E-state index in [0.29, 0.717) is 34.6 Å². The first-order chi connectivity index (χ1) is 14.0. The molecule has 0 saturated heterocycles. The van der Waals surface area contributed by atoms with Gasteiger partial charge in [0.05, 0.1) is 16.6 Å². The van der Waals surface area contributed by atoms with Gasteiger partial charge in [-0.1, -0.05) is 29.7 Å². The molecule has 154 valence electrons. The van der Waals surface area contributed by atoms with Crippen molar-refractivity contribution in [3.8, 4) is 11.5 Å². The first-order valence-electron chi connectivity index (χ1n) is 8.95. The molecular weight excluding hydrogens is 465 g/mol. The first kappa shape index (κ1) is 21.3. The number of hydrogen-bond donors (Lipinski definition) is 1. The highest BCUT2D eigenvalue weighted by Crippen LogP contribution is 2.37. The third-order valence-electron chi connectivity index (χ3n) is 4.09. The zero-order valence-corrected chi connectivity index (χ0v) is 18.3. The molecular formula is C19H20BrClFN5O2. The number of anilines is 1. The molecule has 0 radical (unpaired) electrons. The molecule has 0 aliphatic carbocycles. The fraction of sp³-hybridized carbons (Fsp3) is 0.316. The smallest absolute Gasteiger partial charge is 0.243 e. The van der Waals surface area contributed by atoms with Crippen LogP contribution < -0.4 is 14.8 Å². The van der Waals surface area contributed by atoms with E-state index in [1.54, 1.807) is 17.9 Å². The Bertz CT molecular complexity index is 985. The zero-order valence-electron chi connectivity index (χ0n) is 16.0. The van der Waals surface area contributed by atoms with Crippen LogP contribution in [0, 0.1) is 5.82 Å². The van der Waals surface area contributed by atoms with Crippen LogP contribution in [-0.2, 0) is 19.7 Å². The predicted octanol–water partition coefficient (Wildman–Crippen LogP) is 4.84. The van der Waals surface area contributed by atoms with Gasteiger partial charge in [-0.05, 0) is 62.6 Å². The summed E-state index contributed by atoms with van der Waals surface area (Å²) in [6, 6.07) is 7.99. The lowest BCUT2D eigenvalue weighted by Gasteiger charge is -2.15. The lowest BCUT2D eigenvalue weighted by Crippen LogP contribution is -2.09. The minimum Gasteiger partial charge on any atom is -0.493 e. The summed E-state index contributed by atoms with van der Waals surface area (Å²) in [5.41, 5.74) is 1.63. The lowest BCUT2D eigenvalue weighted by molar-refractivity contribution is 0.282. The second-order valence-corrected chi connectivity index (χ2v) is 7.47. The maximum Gasteiger partial charge on any atom is 0.243 e. The highest BCUT2D eigenvalue weighted by molar-refractivity contribution is 9.10. The fourth-order valence-corrected chi connectivity index (χ4v) is 3.50. The molecule has 0 amide bonds. The average molecular weight is 485 g/mol. The van der Waals surface area contributed by atoms with Gasteiger partial charge in [0.1, 0.15) is 12.4 Å². The van der Waals surface area contributed by atoms with Crippen LogP contribution in [-0.4, -0.2) is 27.3 Å². The Balaban J connectivity index is 1.72. The van der Waals surface area contributed by atoms with E-state index in [4.69, 9.17) is 21.1 Å². The summed E-state index contributed by atoms with van der Waals surface area (Å²) in [6.07, 6.45) is 0.934. The Morgan fingerprint density at radius 2 is 2.10 bits per heavy atom. The summed E-state index contributed by atoms with van der Waals surface area (Å²) in [5.74, 6) is 1.31. The monoisotopic (exact) mass is 483 g/mol. The van der Waals surface area contributed by atoms with Gasteiger partial charge in [-0.25, -0.2) is 9.07 Å². The number of aryl methyl sites for hydroxylation is 1. The molecule has 29 heavy (non-hydrogen) atoms. The topological polar surface area (TPSA) is 74.1 Å². The van der Waals surface area contributed by atoms with Gasteiger partial charge < -0.3 is 14.8 Å². The van der Waals surface area contributed by atoms with Gasteiger partial charge >= 0.3 is 0 Å². The van der Waals surface area contributed by atoms with Crippen molar-refractivity contribution in [3.05, 3.63) is 56.8 Å². The van der Waals surface area contributed by atoms with Crippen molar-refractivity contribution >= 4 is 33.5 Å². The number of nitrogens with zero attached hydrogens (tertiary/aromatic N) is 4. The van der Waals surface area contributed by atoms with Crippen LogP contribution in [0.3, 0.4) is 0 Å². The Labute approximate surface area is 181 Å². The van der Waals surface area contributed by atoms with Gasteiger partial charge in [0.15, 0.2) is 11.5 Å². The highest BCUT2D eigenvalue weighted by Gasteiger charge is 2.14. The standard InChI is InChI=1S/C19H20BrClFN5O2/c1-3-6-27-19(24-25-26-27)23-10-12-7-15(20)18(17(8-12)28-2)29-11-13-4-5-14(22)9-16(13)21/h4-5,7-9H,3,6,10-11H2,1-2H3,(H,23,24,26). The van der Waals surface area contributed by atoms with Gasteiger partial charge in [0.25, 0.3) is 0 Å². The minimum atomic E-state index is -0.390. The van der Waals surface area contributed by atoms with Crippen LogP contribution in [0.5, 0.6) is 11.5 Å². The molecule has 0 fully saturated rings. The quantitative estimate of drug-likeness (QED) is 0.469. The SMILES string of the molecule is CCCn1nnnc1NCc1cc(Br)c(OCc2ccc(F)cc2Cl)c(OC)c1. The minimum absolute atomic E-state index is 0.178. The van der Waals surface area contributed by atoms with Gasteiger partial charge in [0.2, 0.25) is 5.95 Å². The van der Waals surface area contributed by atoms with Crippen LogP contribution >= 0.6 is 27.5 Å². The summed E-state index contributed by atoms with van der Waals surface area (Å²) < 4.78 is 27.0. The molecule has 3 rings (SSSR count). The van der Waals surface area contributed by atoms with Crippen molar-refractivity contribution in [1.29, 1.82) is 0 Å². The van der Waals surface area contributed by atoms with E-state index in [1.165, 1.54) is 12.1 Å². The molecule has 0 saturated carbocycles. The summed E-state index contributed by atoms with van der Waals surface area (Å²) in [5, 5.41) is 15.2. The van der Waals surface area contributed by atoms with Crippen LogP contribution in [0.2, 0.25) is 5.02 Å². The summed E-state index contributed by atoms with van der Waals surface area (Å²) in [4.78, 5) is 0. The van der Waals surface area contributed by atoms with E-state index in [2.05, 4.69) is 43.7 Å². The fourth-order valence-electron chi connectivity index (χ4n) is 2.68. The molecule has 7 nitrogen and oxygen atoms in total. The molecule has 3 aromatic rings.